The van der Waals surface area contributed by atoms with Gasteiger partial charge in [0.15, 0.2) is 0 Å². The number of carbonyl (C=O) groups is 1. The summed E-state index contributed by atoms with van der Waals surface area (Å²) in [5.74, 6) is 0.180. The summed E-state index contributed by atoms with van der Waals surface area (Å²) in [7, 11) is 0. The predicted molar refractivity (Wildman–Crippen MR) is 84.5 cm³/mol. The number of rotatable bonds is 7. The molecule has 2 N–H and O–H groups in total. The molecular weight excluding hydrogens is 297 g/mol. The normalized spacial score (nSPS) is 23.9. The number of hydrogen-bond donors (Lipinski definition) is 2. The van der Waals surface area contributed by atoms with Crippen molar-refractivity contribution in [2.24, 2.45) is 11.8 Å². The van der Waals surface area contributed by atoms with Gasteiger partial charge in [0.05, 0.1) is 12.7 Å². The molecule has 1 aromatic rings. The Kier molecular flexibility index (Phi) is 5.28. The SMILES string of the molecule is O=C(NCC1CCCC1O)c1ccc(F)c(COCC2CC2)c1. The summed E-state index contributed by atoms with van der Waals surface area (Å²) in [6, 6.07) is 4.36. The van der Waals surface area contributed by atoms with Crippen LogP contribution in [0.2, 0.25) is 0 Å². The molecule has 2 unspecified atom stereocenters. The fourth-order valence-electron chi connectivity index (χ4n) is 3.03. The maximum Gasteiger partial charge on any atom is 0.251 e. The minimum Gasteiger partial charge on any atom is -0.393 e. The van der Waals surface area contributed by atoms with E-state index in [2.05, 4.69) is 5.32 Å². The van der Waals surface area contributed by atoms with Crippen molar-refractivity contribution in [2.45, 2.75) is 44.8 Å². The molecular formula is C18H24FNO3. The third-order valence-corrected chi connectivity index (χ3v) is 4.76. The number of carbonyl (C=O) groups excluding carboxylic acids is 1. The molecule has 1 aromatic carbocycles. The molecule has 2 aliphatic rings. The van der Waals surface area contributed by atoms with E-state index in [1.807, 2.05) is 0 Å². The van der Waals surface area contributed by atoms with Gasteiger partial charge in [-0.05, 0) is 49.8 Å². The van der Waals surface area contributed by atoms with Crippen LogP contribution < -0.4 is 5.32 Å². The molecule has 0 aromatic heterocycles. The van der Waals surface area contributed by atoms with Crippen LogP contribution in [0.1, 0.15) is 48.0 Å². The first-order valence-electron chi connectivity index (χ1n) is 8.46. The van der Waals surface area contributed by atoms with Crippen LogP contribution in [0.5, 0.6) is 0 Å². The summed E-state index contributed by atoms with van der Waals surface area (Å²) in [6.45, 7) is 1.32. The minimum atomic E-state index is -0.344. The summed E-state index contributed by atoms with van der Waals surface area (Å²) >= 11 is 0. The van der Waals surface area contributed by atoms with Gasteiger partial charge in [-0.15, -0.1) is 0 Å². The molecule has 0 spiro atoms. The van der Waals surface area contributed by atoms with Gasteiger partial charge < -0.3 is 15.2 Å². The quantitative estimate of drug-likeness (QED) is 0.812. The van der Waals surface area contributed by atoms with Crippen molar-refractivity contribution in [3.8, 4) is 0 Å². The van der Waals surface area contributed by atoms with E-state index in [0.29, 0.717) is 30.2 Å². The van der Waals surface area contributed by atoms with Gasteiger partial charge in [-0.25, -0.2) is 4.39 Å². The Bertz CT molecular complexity index is 559. The molecule has 2 atom stereocenters. The lowest BCUT2D eigenvalue weighted by atomic mass is 10.1. The van der Waals surface area contributed by atoms with Gasteiger partial charge in [0.25, 0.3) is 5.91 Å². The van der Waals surface area contributed by atoms with E-state index in [4.69, 9.17) is 4.74 Å². The zero-order chi connectivity index (χ0) is 16.2. The number of amides is 1. The summed E-state index contributed by atoms with van der Waals surface area (Å²) in [5, 5.41) is 12.6. The Morgan fingerprint density at radius 3 is 2.83 bits per heavy atom. The first-order valence-corrected chi connectivity index (χ1v) is 8.46. The lowest BCUT2D eigenvalue weighted by Crippen LogP contribution is -2.32. The highest BCUT2D eigenvalue weighted by Gasteiger charge is 2.25. The zero-order valence-electron chi connectivity index (χ0n) is 13.3. The Hall–Kier alpha value is -1.46. The average molecular weight is 321 g/mol. The monoisotopic (exact) mass is 321 g/mol. The summed E-state index contributed by atoms with van der Waals surface area (Å²) < 4.78 is 19.3. The van der Waals surface area contributed by atoms with Crippen molar-refractivity contribution >= 4 is 5.91 Å². The topological polar surface area (TPSA) is 58.6 Å². The van der Waals surface area contributed by atoms with Crippen LogP contribution >= 0.6 is 0 Å². The lowest BCUT2D eigenvalue weighted by molar-refractivity contribution is 0.0915. The molecule has 0 saturated heterocycles. The maximum atomic E-state index is 13.8. The molecule has 5 heteroatoms. The number of aliphatic hydroxyl groups excluding tert-OH is 1. The third kappa shape index (κ3) is 4.52. The van der Waals surface area contributed by atoms with Gasteiger partial charge in [0, 0.05) is 30.2 Å². The molecule has 126 valence electrons. The Morgan fingerprint density at radius 2 is 2.13 bits per heavy atom. The number of aliphatic hydroxyl groups is 1. The number of halogens is 1. The van der Waals surface area contributed by atoms with Gasteiger partial charge in [-0.2, -0.15) is 0 Å². The van der Waals surface area contributed by atoms with Crippen LogP contribution in [0.3, 0.4) is 0 Å². The Morgan fingerprint density at radius 1 is 1.30 bits per heavy atom. The largest absolute Gasteiger partial charge is 0.393 e. The van der Waals surface area contributed by atoms with Crippen LogP contribution in [0, 0.1) is 17.7 Å². The van der Waals surface area contributed by atoms with E-state index in [0.717, 1.165) is 19.3 Å². The Labute approximate surface area is 136 Å². The molecule has 2 aliphatic carbocycles. The molecule has 0 aliphatic heterocycles. The fraction of sp³-hybridized carbons (Fsp3) is 0.611. The van der Waals surface area contributed by atoms with E-state index < -0.39 is 0 Å². The molecule has 3 rings (SSSR count). The second-order valence-electron chi connectivity index (χ2n) is 6.73. The number of ether oxygens (including phenoxy) is 1. The van der Waals surface area contributed by atoms with Crippen LogP contribution in [0.15, 0.2) is 18.2 Å². The van der Waals surface area contributed by atoms with Crippen molar-refractivity contribution in [3.63, 3.8) is 0 Å². The average Bonchev–Trinajstić information content (AvgIpc) is 3.27. The van der Waals surface area contributed by atoms with Crippen LogP contribution in [0.25, 0.3) is 0 Å². The minimum absolute atomic E-state index is 0.126. The molecule has 2 saturated carbocycles. The van der Waals surface area contributed by atoms with Crippen molar-refractivity contribution in [1.82, 2.24) is 5.32 Å². The van der Waals surface area contributed by atoms with Gasteiger partial charge >= 0.3 is 0 Å². The molecule has 0 heterocycles. The molecule has 0 radical (unpaired) electrons. The number of benzene rings is 1. The van der Waals surface area contributed by atoms with Crippen molar-refractivity contribution in [1.29, 1.82) is 0 Å². The van der Waals surface area contributed by atoms with Gasteiger partial charge in [-0.1, -0.05) is 6.42 Å². The maximum absolute atomic E-state index is 13.8. The van der Waals surface area contributed by atoms with Crippen LogP contribution in [-0.2, 0) is 11.3 Å². The van der Waals surface area contributed by atoms with E-state index in [1.165, 1.54) is 25.0 Å². The molecule has 0 bridgehead atoms. The highest BCUT2D eigenvalue weighted by atomic mass is 19.1. The molecule has 23 heavy (non-hydrogen) atoms. The van der Waals surface area contributed by atoms with Crippen molar-refractivity contribution in [2.75, 3.05) is 13.2 Å². The van der Waals surface area contributed by atoms with E-state index in [9.17, 15) is 14.3 Å². The second kappa shape index (κ2) is 7.41. The fourth-order valence-corrected chi connectivity index (χ4v) is 3.03. The second-order valence-corrected chi connectivity index (χ2v) is 6.73. The van der Waals surface area contributed by atoms with Crippen LogP contribution in [-0.4, -0.2) is 30.3 Å². The number of hydrogen-bond acceptors (Lipinski definition) is 3. The summed E-state index contributed by atoms with van der Waals surface area (Å²) in [4.78, 5) is 12.2. The van der Waals surface area contributed by atoms with Gasteiger partial charge in [-0.3, -0.25) is 4.79 Å². The van der Waals surface area contributed by atoms with E-state index >= 15 is 0 Å². The van der Waals surface area contributed by atoms with Crippen molar-refractivity contribution < 1.29 is 19.0 Å². The Balaban J connectivity index is 1.54. The third-order valence-electron chi connectivity index (χ3n) is 4.76. The molecule has 1 amide bonds. The summed E-state index contributed by atoms with van der Waals surface area (Å²) in [6.07, 6.45) is 4.80. The zero-order valence-corrected chi connectivity index (χ0v) is 13.3. The predicted octanol–water partition coefficient (Wildman–Crippen LogP) is 2.64. The van der Waals surface area contributed by atoms with E-state index in [1.54, 1.807) is 6.07 Å². The standard InChI is InChI=1S/C18H24FNO3/c19-16-7-6-13(8-15(16)11-23-10-12-4-5-12)18(22)20-9-14-2-1-3-17(14)21/h6-8,12,14,17,21H,1-5,9-11H2,(H,20,22). The highest BCUT2D eigenvalue weighted by Crippen LogP contribution is 2.29. The smallest absolute Gasteiger partial charge is 0.251 e. The lowest BCUT2D eigenvalue weighted by Gasteiger charge is -2.15. The highest BCUT2D eigenvalue weighted by molar-refractivity contribution is 5.94. The van der Waals surface area contributed by atoms with Crippen LogP contribution in [0.4, 0.5) is 4.39 Å². The van der Waals surface area contributed by atoms with Gasteiger partial charge in [0.2, 0.25) is 0 Å². The number of nitrogens with one attached hydrogen (secondary N) is 1. The first-order chi connectivity index (χ1) is 11.1. The molecule has 4 nitrogen and oxygen atoms in total. The van der Waals surface area contributed by atoms with Gasteiger partial charge in [0.1, 0.15) is 5.82 Å². The van der Waals surface area contributed by atoms with E-state index in [-0.39, 0.29) is 30.4 Å². The summed E-state index contributed by atoms with van der Waals surface area (Å²) in [5.41, 5.74) is 0.850. The molecule has 2 fully saturated rings. The van der Waals surface area contributed by atoms with Crippen molar-refractivity contribution in [3.05, 3.63) is 35.1 Å². The first kappa shape index (κ1) is 16.4.